The summed E-state index contributed by atoms with van der Waals surface area (Å²) in [5, 5.41) is 7.91. The first-order valence-corrected chi connectivity index (χ1v) is 5.98. The molecule has 0 fully saturated rings. The number of hydrogen-bond donors (Lipinski definition) is 0. The van der Waals surface area contributed by atoms with Crippen molar-refractivity contribution in [3.63, 3.8) is 0 Å². The van der Waals surface area contributed by atoms with Gasteiger partial charge in [-0.3, -0.25) is 4.79 Å². The van der Waals surface area contributed by atoms with E-state index in [1.54, 1.807) is 13.0 Å². The Kier molecular flexibility index (Phi) is 2.26. The van der Waals surface area contributed by atoms with Gasteiger partial charge in [-0.1, -0.05) is 41.7 Å². The average Bonchev–Trinajstić information content (AvgIpc) is 2.73. The number of benzene rings is 1. The summed E-state index contributed by atoms with van der Waals surface area (Å²) in [6.07, 6.45) is 0. The molecule has 84 valence electrons. The number of aryl methyl sites for hydroxylation is 1. The Morgan fingerprint density at radius 2 is 1.94 bits per heavy atom. The molecule has 5 heteroatoms. The summed E-state index contributed by atoms with van der Waals surface area (Å²) in [7, 11) is 0. The SMILES string of the molecule is Cc1nnc2sc(-c3ccccc3)cc(=O)n12. The van der Waals surface area contributed by atoms with E-state index in [1.807, 2.05) is 30.3 Å². The Labute approximate surface area is 101 Å². The molecule has 0 saturated carbocycles. The van der Waals surface area contributed by atoms with Gasteiger partial charge < -0.3 is 0 Å². The molecule has 0 unspecified atom stereocenters. The maximum atomic E-state index is 11.9. The van der Waals surface area contributed by atoms with Crippen LogP contribution in [0.5, 0.6) is 0 Å². The molecule has 3 rings (SSSR count). The zero-order valence-corrected chi connectivity index (χ0v) is 9.94. The zero-order chi connectivity index (χ0) is 11.8. The lowest BCUT2D eigenvalue weighted by Crippen LogP contribution is -2.11. The van der Waals surface area contributed by atoms with E-state index in [-0.39, 0.29) is 5.56 Å². The van der Waals surface area contributed by atoms with Crippen LogP contribution in [0.1, 0.15) is 5.82 Å². The summed E-state index contributed by atoms with van der Waals surface area (Å²) < 4.78 is 1.52. The summed E-state index contributed by atoms with van der Waals surface area (Å²) >= 11 is 1.46. The smallest absolute Gasteiger partial charge is 0.259 e. The van der Waals surface area contributed by atoms with Crippen molar-refractivity contribution in [1.29, 1.82) is 0 Å². The van der Waals surface area contributed by atoms with Gasteiger partial charge in [0.05, 0.1) is 0 Å². The van der Waals surface area contributed by atoms with E-state index < -0.39 is 0 Å². The van der Waals surface area contributed by atoms with Crippen LogP contribution >= 0.6 is 11.3 Å². The molecule has 2 aromatic heterocycles. The molecule has 0 aliphatic carbocycles. The molecule has 3 aromatic rings. The van der Waals surface area contributed by atoms with Gasteiger partial charge in [0, 0.05) is 10.9 Å². The van der Waals surface area contributed by atoms with Crippen LogP contribution in [0.25, 0.3) is 15.4 Å². The standard InChI is InChI=1S/C12H9N3OS/c1-8-13-14-12-15(8)11(16)7-10(17-12)9-5-3-2-4-6-9/h2-7H,1H3. The third-order valence-electron chi connectivity index (χ3n) is 2.53. The Morgan fingerprint density at radius 1 is 1.18 bits per heavy atom. The van der Waals surface area contributed by atoms with Crippen LogP contribution in [0.15, 0.2) is 41.2 Å². The fourth-order valence-electron chi connectivity index (χ4n) is 1.71. The number of fused-ring (bicyclic) bond motifs is 1. The molecule has 17 heavy (non-hydrogen) atoms. The van der Waals surface area contributed by atoms with Crippen LogP contribution < -0.4 is 5.56 Å². The molecular formula is C12H9N3OS. The third-order valence-corrected chi connectivity index (χ3v) is 3.55. The van der Waals surface area contributed by atoms with E-state index in [2.05, 4.69) is 10.2 Å². The van der Waals surface area contributed by atoms with Crippen molar-refractivity contribution in [3.05, 3.63) is 52.6 Å². The van der Waals surface area contributed by atoms with Crippen LogP contribution in [0.2, 0.25) is 0 Å². The minimum Gasteiger partial charge on any atom is -0.269 e. The monoisotopic (exact) mass is 243 g/mol. The third kappa shape index (κ3) is 1.64. The predicted octanol–water partition coefficient (Wildman–Crippen LogP) is 2.13. The van der Waals surface area contributed by atoms with Crippen LogP contribution in [-0.4, -0.2) is 14.6 Å². The Hall–Kier alpha value is -2.01. The number of aromatic nitrogens is 3. The minimum atomic E-state index is -0.0832. The van der Waals surface area contributed by atoms with E-state index in [0.29, 0.717) is 10.8 Å². The van der Waals surface area contributed by atoms with Crippen LogP contribution in [0.4, 0.5) is 0 Å². The number of rotatable bonds is 1. The highest BCUT2D eigenvalue weighted by Crippen LogP contribution is 2.24. The molecule has 0 bridgehead atoms. The van der Waals surface area contributed by atoms with E-state index >= 15 is 0 Å². The van der Waals surface area contributed by atoms with Crippen molar-refractivity contribution in [3.8, 4) is 10.4 Å². The van der Waals surface area contributed by atoms with Gasteiger partial charge in [-0.15, -0.1) is 10.2 Å². The molecule has 1 aromatic carbocycles. The van der Waals surface area contributed by atoms with Crippen LogP contribution in [0.3, 0.4) is 0 Å². The second-order valence-electron chi connectivity index (χ2n) is 3.68. The summed E-state index contributed by atoms with van der Waals surface area (Å²) in [6.45, 7) is 1.77. The lowest BCUT2D eigenvalue weighted by molar-refractivity contribution is 0.985. The average molecular weight is 243 g/mol. The predicted molar refractivity (Wildman–Crippen MR) is 67.3 cm³/mol. The van der Waals surface area contributed by atoms with E-state index in [9.17, 15) is 4.79 Å². The van der Waals surface area contributed by atoms with Crippen molar-refractivity contribution in [2.24, 2.45) is 0 Å². The van der Waals surface area contributed by atoms with E-state index in [1.165, 1.54) is 15.7 Å². The van der Waals surface area contributed by atoms with Crippen LogP contribution in [-0.2, 0) is 0 Å². The zero-order valence-electron chi connectivity index (χ0n) is 9.12. The maximum Gasteiger partial charge on any atom is 0.259 e. The highest BCUT2D eigenvalue weighted by Gasteiger charge is 2.08. The van der Waals surface area contributed by atoms with Gasteiger partial charge in [0.2, 0.25) is 4.96 Å². The van der Waals surface area contributed by atoms with Crippen molar-refractivity contribution < 1.29 is 0 Å². The van der Waals surface area contributed by atoms with Crippen molar-refractivity contribution >= 4 is 16.3 Å². The molecule has 0 amide bonds. The Balaban J connectivity index is 2.30. The second kappa shape index (κ2) is 3.78. The largest absolute Gasteiger partial charge is 0.269 e. The summed E-state index contributed by atoms with van der Waals surface area (Å²) in [4.78, 5) is 13.5. The fraction of sp³-hybridized carbons (Fsp3) is 0.0833. The van der Waals surface area contributed by atoms with Crippen molar-refractivity contribution in [1.82, 2.24) is 14.6 Å². The topological polar surface area (TPSA) is 47.3 Å². The molecule has 0 N–H and O–H groups in total. The molecule has 4 nitrogen and oxygen atoms in total. The summed E-state index contributed by atoms with van der Waals surface area (Å²) in [5.74, 6) is 0.626. The molecule has 0 aliphatic rings. The van der Waals surface area contributed by atoms with Gasteiger partial charge in [0.25, 0.3) is 5.56 Å². The summed E-state index contributed by atoms with van der Waals surface area (Å²) in [6, 6.07) is 11.4. The normalized spacial score (nSPS) is 10.9. The first kappa shape index (κ1) is 10.2. The molecule has 0 aliphatic heterocycles. The second-order valence-corrected chi connectivity index (χ2v) is 4.69. The van der Waals surface area contributed by atoms with Gasteiger partial charge in [-0.05, 0) is 12.5 Å². The van der Waals surface area contributed by atoms with Gasteiger partial charge in [-0.25, -0.2) is 4.40 Å². The number of nitrogens with zero attached hydrogens (tertiary/aromatic N) is 3. The molecular weight excluding hydrogens is 234 g/mol. The first-order chi connectivity index (χ1) is 8.25. The molecule has 0 radical (unpaired) electrons. The van der Waals surface area contributed by atoms with Gasteiger partial charge >= 0.3 is 0 Å². The lowest BCUT2D eigenvalue weighted by Gasteiger charge is -2.00. The summed E-state index contributed by atoms with van der Waals surface area (Å²) in [5.41, 5.74) is 0.942. The molecule has 2 heterocycles. The fourth-order valence-corrected chi connectivity index (χ4v) is 2.72. The van der Waals surface area contributed by atoms with Crippen molar-refractivity contribution in [2.75, 3.05) is 0 Å². The van der Waals surface area contributed by atoms with Gasteiger partial charge in [0.1, 0.15) is 5.82 Å². The molecule has 0 atom stereocenters. The first-order valence-electron chi connectivity index (χ1n) is 5.17. The van der Waals surface area contributed by atoms with Crippen molar-refractivity contribution in [2.45, 2.75) is 6.92 Å². The highest BCUT2D eigenvalue weighted by atomic mass is 32.1. The molecule has 0 saturated heterocycles. The van der Waals surface area contributed by atoms with Gasteiger partial charge in [-0.2, -0.15) is 0 Å². The van der Waals surface area contributed by atoms with Gasteiger partial charge in [0.15, 0.2) is 0 Å². The lowest BCUT2D eigenvalue weighted by atomic mass is 10.2. The highest BCUT2D eigenvalue weighted by molar-refractivity contribution is 7.19. The van der Waals surface area contributed by atoms with Crippen LogP contribution in [0, 0.1) is 6.92 Å². The van der Waals surface area contributed by atoms with E-state index in [0.717, 1.165) is 10.4 Å². The Bertz CT molecular complexity index is 730. The minimum absolute atomic E-state index is 0.0832. The quantitative estimate of drug-likeness (QED) is 0.657. The van der Waals surface area contributed by atoms with E-state index in [4.69, 9.17) is 0 Å². The number of hydrogen-bond acceptors (Lipinski definition) is 4. The maximum absolute atomic E-state index is 11.9. The Morgan fingerprint density at radius 3 is 2.71 bits per heavy atom. The molecule has 0 spiro atoms.